The largest absolute Gasteiger partial charge is 0.392 e. The van der Waals surface area contributed by atoms with Crippen molar-refractivity contribution in [3.05, 3.63) is 82.8 Å². The molecule has 0 aliphatic rings. The zero-order chi connectivity index (χ0) is 22.4. The SMILES string of the molecule is Cc1ccc(CNC(=O)c2cc(-c3ncccc3CO)ccc2NCC(C)C)cc1F. The molecule has 0 saturated heterocycles. The van der Waals surface area contributed by atoms with Crippen LogP contribution in [0.2, 0.25) is 0 Å². The monoisotopic (exact) mass is 421 g/mol. The fourth-order valence-corrected chi connectivity index (χ4v) is 3.20. The Morgan fingerprint density at radius 2 is 1.97 bits per heavy atom. The van der Waals surface area contributed by atoms with Crippen LogP contribution >= 0.6 is 0 Å². The lowest BCUT2D eigenvalue weighted by Crippen LogP contribution is -2.24. The second-order valence-corrected chi connectivity index (χ2v) is 7.97. The maximum absolute atomic E-state index is 13.8. The highest BCUT2D eigenvalue weighted by atomic mass is 19.1. The number of aliphatic hydroxyl groups is 1. The van der Waals surface area contributed by atoms with E-state index in [1.807, 2.05) is 12.1 Å². The number of amides is 1. The van der Waals surface area contributed by atoms with E-state index in [2.05, 4.69) is 29.5 Å². The van der Waals surface area contributed by atoms with Gasteiger partial charge in [-0.3, -0.25) is 9.78 Å². The molecule has 3 aromatic rings. The summed E-state index contributed by atoms with van der Waals surface area (Å²) in [5, 5.41) is 15.9. The van der Waals surface area contributed by atoms with Gasteiger partial charge in [0.05, 0.1) is 17.9 Å². The standard InChI is InChI=1S/C25H28FN3O2/c1-16(2)13-28-23-9-8-19(24-20(15-30)5-4-10-27-24)12-21(23)25(31)29-14-18-7-6-17(3)22(26)11-18/h4-12,16,28,30H,13-15H2,1-3H3,(H,29,31). The number of benzene rings is 2. The molecule has 0 radical (unpaired) electrons. The molecule has 0 aliphatic heterocycles. The number of aryl methyl sites for hydroxylation is 1. The third-order valence-electron chi connectivity index (χ3n) is 4.99. The van der Waals surface area contributed by atoms with Crippen LogP contribution < -0.4 is 10.6 Å². The first kappa shape index (κ1) is 22.4. The number of carbonyl (C=O) groups excluding carboxylic acids is 1. The quantitative estimate of drug-likeness (QED) is 0.493. The Kier molecular flexibility index (Phi) is 7.36. The molecule has 162 valence electrons. The van der Waals surface area contributed by atoms with E-state index in [1.54, 1.807) is 43.5 Å². The Hall–Kier alpha value is -3.25. The van der Waals surface area contributed by atoms with Crippen LogP contribution in [0.5, 0.6) is 0 Å². The summed E-state index contributed by atoms with van der Waals surface area (Å²) < 4.78 is 13.8. The van der Waals surface area contributed by atoms with E-state index in [9.17, 15) is 14.3 Å². The molecule has 3 rings (SSSR count). The molecule has 5 nitrogen and oxygen atoms in total. The average Bonchev–Trinajstić information content (AvgIpc) is 2.78. The third-order valence-corrected chi connectivity index (χ3v) is 4.99. The van der Waals surface area contributed by atoms with Gasteiger partial charge >= 0.3 is 0 Å². The summed E-state index contributed by atoms with van der Waals surface area (Å²) in [5.74, 6) is -0.154. The van der Waals surface area contributed by atoms with Crippen LogP contribution in [0.4, 0.5) is 10.1 Å². The van der Waals surface area contributed by atoms with Gasteiger partial charge in [0.15, 0.2) is 0 Å². The predicted octanol–water partition coefficient (Wildman–Crippen LogP) is 4.69. The molecule has 1 amide bonds. The maximum atomic E-state index is 13.8. The minimum Gasteiger partial charge on any atom is -0.392 e. The smallest absolute Gasteiger partial charge is 0.253 e. The normalized spacial score (nSPS) is 10.9. The Labute approximate surface area is 182 Å². The minimum absolute atomic E-state index is 0.142. The molecule has 3 N–H and O–H groups in total. The first-order valence-electron chi connectivity index (χ1n) is 10.3. The van der Waals surface area contributed by atoms with Crippen LogP contribution in [0.3, 0.4) is 0 Å². The van der Waals surface area contributed by atoms with Gasteiger partial charge in [-0.15, -0.1) is 0 Å². The van der Waals surface area contributed by atoms with Gasteiger partial charge in [0, 0.05) is 36.1 Å². The summed E-state index contributed by atoms with van der Waals surface area (Å²) in [6.45, 7) is 6.68. The van der Waals surface area contributed by atoms with E-state index < -0.39 is 0 Å². The highest BCUT2D eigenvalue weighted by molar-refractivity contribution is 6.00. The van der Waals surface area contributed by atoms with Crippen molar-refractivity contribution in [1.82, 2.24) is 10.3 Å². The molecule has 0 saturated carbocycles. The zero-order valence-electron chi connectivity index (χ0n) is 18.1. The van der Waals surface area contributed by atoms with E-state index in [4.69, 9.17) is 0 Å². The third kappa shape index (κ3) is 5.67. The molecule has 0 atom stereocenters. The summed E-state index contributed by atoms with van der Waals surface area (Å²) in [4.78, 5) is 17.4. The molecule has 0 aliphatic carbocycles. The molecular weight excluding hydrogens is 393 g/mol. The van der Waals surface area contributed by atoms with E-state index in [0.717, 1.165) is 5.56 Å². The van der Waals surface area contributed by atoms with Crippen molar-refractivity contribution in [1.29, 1.82) is 0 Å². The van der Waals surface area contributed by atoms with Gasteiger partial charge in [0.2, 0.25) is 0 Å². The number of anilines is 1. The predicted molar refractivity (Wildman–Crippen MR) is 121 cm³/mol. The first-order chi connectivity index (χ1) is 14.9. The molecule has 0 unspecified atom stereocenters. The Bertz CT molecular complexity index is 1070. The first-order valence-corrected chi connectivity index (χ1v) is 10.3. The second-order valence-electron chi connectivity index (χ2n) is 7.97. The maximum Gasteiger partial charge on any atom is 0.253 e. The summed E-state index contributed by atoms with van der Waals surface area (Å²) in [7, 11) is 0. The number of nitrogens with one attached hydrogen (secondary N) is 2. The lowest BCUT2D eigenvalue weighted by molar-refractivity contribution is 0.0951. The molecular formula is C25H28FN3O2. The van der Waals surface area contributed by atoms with Gasteiger partial charge in [-0.1, -0.05) is 38.1 Å². The van der Waals surface area contributed by atoms with Crippen molar-refractivity contribution in [3.8, 4) is 11.3 Å². The highest BCUT2D eigenvalue weighted by Crippen LogP contribution is 2.27. The van der Waals surface area contributed by atoms with Crippen LogP contribution in [0.25, 0.3) is 11.3 Å². The number of aromatic nitrogens is 1. The molecule has 31 heavy (non-hydrogen) atoms. The highest BCUT2D eigenvalue weighted by Gasteiger charge is 2.15. The molecule has 1 heterocycles. The fraction of sp³-hybridized carbons (Fsp3) is 0.280. The molecule has 0 bridgehead atoms. The number of aliphatic hydroxyl groups excluding tert-OH is 1. The van der Waals surface area contributed by atoms with Crippen molar-refractivity contribution in [2.75, 3.05) is 11.9 Å². The van der Waals surface area contributed by atoms with Crippen molar-refractivity contribution in [2.45, 2.75) is 33.9 Å². The number of hydrogen-bond acceptors (Lipinski definition) is 4. The van der Waals surface area contributed by atoms with Gasteiger partial charge in [-0.25, -0.2) is 4.39 Å². The van der Waals surface area contributed by atoms with Crippen LogP contribution in [0.15, 0.2) is 54.7 Å². The van der Waals surface area contributed by atoms with Crippen molar-refractivity contribution in [3.63, 3.8) is 0 Å². The van der Waals surface area contributed by atoms with E-state index in [-0.39, 0.29) is 24.9 Å². The summed E-state index contributed by atoms with van der Waals surface area (Å²) in [5.41, 5.74) is 4.51. The van der Waals surface area contributed by atoms with E-state index >= 15 is 0 Å². The summed E-state index contributed by atoms with van der Waals surface area (Å²) in [6, 6.07) is 14.0. The van der Waals surface area contributed by atoms with Crippen LogP contribution in [-0.2, 0) is 13.2 Å². The number of carbonyl (C=O) groups is 1. The van der Waals surface area contributed by atoms with Gasteiger partial charge in [-0.2, -0.15) is 0 Å². The van der Waals surface area contributed by atoms with Crippen molar-refractivity contribution < 1.29 is 14.3 Å². The summed E-state index contributed by atoms with van der Waals surface area (Å²) >= 11 is 0. The molecule has 0 spiro atoms. The number of halogens is 1. The average molecular weight is 422 g/mol. The van der Waals surface area contributed by atoms with Crippen molar-refractivity contribution in [2.24, 2.45) is 5.92 Å². The molecule has 2 aromatic carbocycles. The van der Waals surface area contributed by atoms with Gasteiger partial charge in [0.25, 0.3) is 5.91 Å². The van der Waals surface area contributed by atoms with E-state index in [1.165, 1.54) is 6.07 Å². The van der Waals surface area contributed by atoms with Crippen LogP contribution in [0, 0.1) is 18.7 Å². The molecule has 0 fully saturated rings. The minimum atomic E-state index is -0.292. The molecule has 6 heteroatoms. The lowest BCUT2D eigenvalue weighted by atomic mass is 10.0. The van der Waals surface area contributed by atoms with Gasteiger partial charge < -0.3 is 15.7 Å². The number of hydrogen-bond donors (Lipinski definition) is 3. The van der Waals surface area contributed by atoms with Crippen LogP contribution in [-0.4, -0.2) is 22.5 Å². The van der Waals surface area contributed by atoms with E-state index in [0.29, 0.717) is 46.1 Å². The zero-order valence-corrected chi connectivity index (χ0v) is 18.1. The Morgan fingerprint density at radius 3 is 2.68 bits per heavy atom. The van der Waals surface area contributed by atoms with Crippen LogP contribution in [0.1, 0.15) is 40.9 Å². The lowest BCUT2D eigenvalue weighted by Gasteiger charge is -2.16. The number of rotatable bonds is 8. The number of nitrogens with zero attached hydrogens (tertiary/aromatic N) is 1. The Morgan fingerprint density at radius 1 is 1.16 bits per heavy atom. The Balaban J connectivity index is 1.90. The number of pyridine rings is 1. The van der Waals surface area contributed by atoms with Crippen molar-refractivity contribution >= 4 is 11.6 Å². The van der Waals surface area contributed by atoms with Gasteiger partial charge in [-0.05, 0) is 48.2 Å². The molecule has 1 aromatic heterocycles. The fourth-order valence-electron chi connectivity index (χ4n) is 3.20. The van der Waals surface area contributed by atoms with Gasteiger partial charge in [0.1, 0.15) is 5.82 Å². The topological polar surface area (TPSA) is 74.2 Å². The summed E-state index contributed by atoms with van der Waals surface area (Å²) in [6.07, 6.45) is 1.66. The second kappa shape index (κ2) is 10.2.